The highest BCUT2D eigenvalue weighted by atomic mass is 16.5. The zero-order valence-corrected chi connectivity index (χ0v) is 15.6. The highest BCUT2D eigenvalue weighted by Gasteiger charge is 2.18. The molecule has 1 aliphatic heterocycles. The van der Waals surface area contributed by atoms with E-state index in [0.29, 0.717) is 0 Å². The average Bonchev–Trinajstić information content (AvgIpc) is 2.73. The van der Waals surface area contributed by atoms with Gasteiger partial charge in [-0.1, -0.05) is 48.5 Å². The minimum atomic E-state index is -0.520. The van der Waals surface area contributed by atoms with E-state index in [9.17, 15) is 4.79 Å². The van der Waals surface area contributed by atoms with Crippen molar-refractivity contribution in [2.75, 3.05) is 37.6 Å². The fraction of sp³-hybridized carbons (Fsp3) is 0.318. The second-order valence-corrected chi connectivity index (χ2v) is 6.79. The number of hydrogen-bond donors (Lipinski definition) is 2. The summed E-state index contributed by atoms with van der Waals surface area (Å²) in [5, 5.41) is 8.64. The molecule has 0 bridgehead atoms. The Balaban J connectivity index is 1.50. The summed E-state index contributed by atoms with van der Waals surface area (Å²) in [6.07, 6.45) is 5.40. The van der Waals surface area contributed by atoms with E-state index in [-0.39, 0.29) is 0 Å². The van der Waals surface area contributed by atoms with Crippen molar-refractivity contribution in [3.05, 3.63) is 71.8 Å². The molecule has 1 saturated heterocycles. The van der Waals surface area contributed by atoms with Crippen molar-refractivity contribution in [1.29, 1.82) is 0 Å². The summed E-state index contributed by atoms with van der Waals surface area (Å²) < 4.78 is 0. The lowest BCUT2D eigenvalue weighted by molar-refractivity contribution is -0.124. The van der Waals surface area contributed by atoms with Gasteiger partial charge in [-0.15, -0.1) is 0 Å². The molecule has 3 rings (SSSR count). The predicted molar refractivity (Wildman–Crippen MR) is 109 cm³/mol. The Hall–Kier alpha value is -2.63. The summed E-state index contributed by atoms with van der Waals surface area (Å²) in [4.78, 5) is 16.1. The maximum atomic E-state index is 11.3. The molecule has 27 heavy (non-hydrogen) atoms. The Morgan fingerprint density at radius 2 is 1.70 bits per heavy atom. The van der Waals surface area contributed by atoms with Gasteiger partial charge in [-0.05, 0) is 42.7 Å². The van der Waals surface area contributed by atoms with Crippen LogP contribution >= 0.6 is 0 Å². The van der Waals surface area contributed by atoms with Gasteiger partial charge in [0.1, 0.15) is 0 Å². The number of anilines is 1. The molecule has 5 heteroatoms. The normalized spacial score (nSPS) is 15.2. The van der Waals surface area contributed by atoms with Crippen molar-refractivity contribution in [3.63, 3.8) is 0 Å². The van der Waals surface area contributed by atoms with Gasteiger partial charge in [-0.3, -0.25) is 14.9 Å². The Bertz CT molecular complexity index is 753. The van der Waals surface area contributed by atoms with Crippen LogP contribution in [-0.2, 0) is 11.2 Å². The second-order valence-electron chi connectivity index (χ2n) is 6.79. The summed E-state index contributed by atoms with van der Waals surface area (Å²) >= 11 is 0. The molecular weight excluding hydrogens is 338 g/mol. The molecule has 142 valence electrons. The van der Waals surface area contributed by atoms with Crippen LogP contribution in [0.4, 0.5) is 5.69 Å². The van der Waals surface area contributed by atoms with Gasteiger partial charge in [-0.25, -0.2) is 5.48 Å². The van der Waals surface area contributed by atoms with Crippen molar-refractivity contribution < 1.29 is 10.0 Å². The lowest BCUT2D eigenvalue weighted by Gasteiger charge is -2.36. The van der Waals surface area contributed by atoms with E-state index in [1.54, 1.807) is 11.6 Å². The number of nitrogens with one attached hydrogen (secondary N) is 1. The monoisotopic (exact) mass is 365 g/mol. The maximum Gasteiger partial charge on any atom is 0.267 e. The minimum absolute atomic E-state index is 0.520. The highest BCUT2D eigenvalue weighted by Crippen LogP contribution is 2.23. The van der Waals surface area contributed by atoms with Crippen molar-refractivity contribution in [3.8, 4) is 0 Å². The standard InChI is InChI=1S/C22H27N3O2/c26-22(23-27)13-12-20-10-4-5-11-21(20)25-17-15-24(16-18-25)14-6-9-19-7-2-1-3-8-19/h1-5,7-8,10-13,27H,6,9,14-18H2,(H,23,26). The lowest BCUT2D eigenvalue weighted by Crippen LogP contribution is -2.46. The predicted octanol–water partition coefficient (Wildman–Crippen LogP) is 2.96. The molecule has 0 aliphatic carbocycles. The smallest absolute Gasteiger partial charge is 0.267 e. The van der Waals surface area contributed by atoms with Crippen molar-refractivity contribution in [1.82, 2.24) is 10.4 Å². The minimum Gasteiger partial charge on any atom is -0.368 e. The van der Waals surface area contributed by atoms with Crippen LogP contribution in [-0.4, -0.2) is 48.7 Å². The Kier molecular flexibility index (Phi) is 7.02. The van der Waals surface area contributed by atoms with Crippen LogP contribution in [0.5, 0.6) is 0 Å². The van der Waals surface area contributed by atoms with Gasteiger partial charge in [0.25, 0.3) is 5.91 Å². The number of para-hydroxylation sites is 1. The van der Waals surface area contributed by atoms with Crippen LogP contribution in [0, 0.1) is 0 Å². The van der Waals surface area contributed by atoms with Crippen LogP contribution in [0.1, 0.15) is 17.5 Å². The van der Waals surface area contributed by atoms with Gasteiger partial charge in [0.2, 0.25) is 0 Å². The first-order valence-electron chi connectivity index (χ1n) is 9.48. The molecule has 0 unspecified atom stereocenters. The molecule has 2 aromatic carbocycles. The van der Waals surface area contributed by atoms with E-state index in [4.69, 9.17) is 5.21 Å². The third kappa shape index (κ3) is 5.67. The van der Waals surface area contributed by atoms with Crippen LogP contribution in [0.3, 0.4) is 0 Å². The van der Waals surface area contributed by atoms with Gasteiger partial charge < -0.3 is 4.90 Å². The zero-order valence-electron chi connectivity index (χ0n) is 15.6. The third-order valence-electron chi connectivity index (χ3n) is 4.96. The molecule has 5 nitrogen and oxygen atoms in total. The van der Waals surface area contributed by atoms with E-state index in [2.05, 4.69) is 46.2 Å². The van der Waals surface area contributed by atoms with E-state index in [1.165, 1.54) is 18.1 Å². The third-order valence-corrected chi connectivity index (χ3v) is 4.96. The number of carbonyl (C=O) groups excluding carboxylic acids is 1. The molecule has 0 spiro atoms. The topological polar surface area (TPSA) is 55.8 Å². The molecular formula is C22H27N3O2. The number of amides is 1. The molecule has 2 N–H and O–H groups in total. The van der Waals surface area contributed by atoms with Gasteiger partial charge in [0.15, 0.2) is 0 Å². The van der Waals surface area contributed by atoms with Crippen molar-refractivity contribution in [2.45, 2.75) is 12.8 Å². The largest absolute Gasteiger partial charge is 0.368 e. The number of hydrogen-bond acceptors (Lipinski definition) is 4. The van der Waals surface area contributed by atoms with Crippen molar-refractivity contribution in [2.24, 2.45) is 0 Å². The molecule has 0 radical (unpaired) electrons. The number of piperazine rings is 1. The van der Waals surface area contributed by atoms with Gasteiger partial charge in [-0.2, -0.15) is 0 Å². The first-order chi connectivity index (χ1) is 13.3. The molecule has 2 aromatic rings. The first-order valence-corrected chi connectivity index (χ1v) is 9.48. The average molecular weight is 365 g/mol. The second kappa shape index (κ2) is 9.90. The Morgan fingerprint density at radius 1 is 1.00 bits per heavy atom. The van der Waals surface area contributed by atoms with E-state index >= 15 is 0 Å². The van der Waals surface area contributed by atoms with Crippen LogP contribution < -0.4 is 10.4 Å². The van der Waals surface area contributed by atoms with Crippen molar-refractivity contribution >= 4 is 17.7 Å². The zero-order chi connectivity index (χ0) is 18.9. The fourth-order valence-corrected chi connectivity index (χ4v) is 3.48. The van der Waals surface area contributed by atoms with Crippen LogP contribution in [0.15, 0.2) is 60.7 Å². The molecule has 0 aromatic heterocycles. The summed E-state index contributed by atoms with van der Waals surface area (Å²) in [6.45, 7) is 5.17. The summed E-state index contributed by atoms with van der Waals surface area (Å²) in [7, 11) is 0. The van der Waals surface area contributed by atoms with Crippen LogP contribution in [0.2, 0.25) is 0 Å². The number of nitrogens with zero attached hydrogens (tertiary/aromatic N) is 2. The number of aryl methyl sites for hydroxylation is 1. The summed E-state index contributed by atoms with van der Waals surface area (Å²) in [5.41, 5.74) is 5.14. The molecule has 1 fully saturated rings. The van der Waals surface area contributed by atoms with Gasteiger partial charge in [0.05, 0.1) is 0 Å². The molecule has 0 saturated carbocycles. The molecule has 0 atom stereocenters. The molecule has 1 heterocycles. The van der Waals surface area contributed by atoms with E-state index in [1.807, 2.05) is 18.2 Å². The Labute approximate surface area is 160 Å². The number of benzene rings is 2. The van der Waals surface area contributed by atoms with Gasteiger partial charge in [0, 0.05) is 37.9 Å². The van der Waals surface area contributed by atoms with E-state index < -0.39 is 5.91 Å². The van der Waals surface area contributed by atoms with Crippen LogP contribution in [0.25, 0.3) is 6.08 Å². The Morgan fingerprint density at radius 3 is 2.44 bits per heavy atom. The summed E-state index contributed by atoms with van der Waals surface area (Å²) in [5.74, 6) is -0.520. The maximum absolute atomic E-state index is 11.3. The van der Waals surface area contributed by atoms with Gasteiger partial charge >= 0.3 is 0 Å². The quantitative estimate of drug-likeness (QED) is 0.450. The molecule has 1 amide bonds. The highest BCUT2D eigenvalue weighted by molar-refractivity contribution is 5.91. The first kappa shape index (κ1) is 19.1. The number of hydroxylamine groups is 1. The lowest BCUT2D eigenvalue weighted by atomic mass is 10.1. The SMILES string of the molecule is O=C(C=Cc1ccccc1N1CCN(CCCc2ccccc2)CC1)NO. The number of carbonyl (C=O) groups is 1. The molecule has 1 aliphatic rings. The number of rotatable bonds is 7. The fourth-order valence-electron chi connectivity index (χ4n) is 3.48. The van der Waals surface area contributed by atoms with E-state index in [0.717, 1.165) is 50.4 Å². The summed E-state index contributed by atoms with van der Waals surface area (Å²) in [6, 6.07) is 18.7.